The monoisotopic (exact) mass is 128 g/mol. The third-order valence-electron chi connectivity index (χ3n) is 2.22. The Morgan fingerprint density at radius 2 is 2.11 bits per heavy atom. The van der Waals surface area contributed by atoms with Crippen LogP contribution in [0.2, 0.25) is 0 Å². The summed E-state index contributed by atoms with van der Waals surface area (Å²) in [4.78, 5) is 0. The van der Waals surface area contributed by atoms with E-state index in [2.05, 4.69) is 0 Å². The first-order chi connectivity index (χ1) is 4.40. The lowest BCUT2D eigenvalue weighted by Gasteiger charge is -2.07. The topological polar surface area (TPSA) is 21.8 Å². The third kappa shape index (κ3) is 0.970. The summed E-state index contributed by atoms with van der Waals surface area (Å²) in [6.07, 6.45) is 3.70. The zero-order valence-corrected chi connectivity index (χ0v) is 5.67. The van der Waals surface area contributed by atoms with Crippen LogP contribution in [0.1, 0.15) is 12.8 Å². The summed E-state index contributed by atoms with van der Waals surface area (Å²) >= 11 is 0. The molecule has 0 amide bonds. The highest BCUT2D eigenvalue weighted by Gasteiger charge is 2.47. The van der Waals surface area contributed by atoms with Crippen molar-refractivity contribution in [1.82, 2.24) is 0 Å². The molecule has 9 heavy (non-hydrogen) atoms. The molecular weight excluding hydrogens is 116 g/mol. The van der Waals surface area contributed by atoms with Crippen molar-refractivity contribution in [1.29, 1.82) is 0 Å². The molecule has 2 rings (SSSR count). The molecule has 1 saturated carbocycles. The molecule has 0 aromatic rings. The van der Waals surface area contributed by atoms with Crippen molar-refractivity contribution in [2.24, 2.45) is 5.92 Å². The van der Waals surface area contributed by atoms with Crippen LogP contribution in [0.4, 0.5) is 0 Å². The Kier molecular flexibility index (Phi) is 1.24. The Balaban J connectivity index is 1.77. The van der Waals surface area contributed by atoms with Crippen LogP contribution >= 0.6 is 0 Å². The van der Waals surface area contributed by atoms with Crippen molar-refractivity contribution >= 4 is 0 Å². The van der Waals surface area contributed by atoms with E-state index in [-0.39, 0.29) is 0 Å². The molecule has 2 heteroatoms. The van der Waals surface area contributed by atoms with E-state index in [0.717, 1.165) is 12.5 Å². The average molecular weight is 128 g/mol. The largest absolute Gasteiger partial charge is 0.384 e. The van der Waals surface area contributed by atoms with Crippen LogP contribution in [0.5, 0.6) is 0 Å². The Labute approximate surface area is 55.1 Å². The van der Waals surface area contributed by atoms with Crippen LogP contribution in [-0.4, -0.2) is 25.9 Å². The molecule has 1 aliphatic heterocycles. The fourth-order valence-electron chi connectivity index (χ4n) is 1.72. The van der Waals surface area contributed by atoms with Gasteiger partial charge < -0.3 is 9.47 Å². The van der Waals surface area contributed by atoms with E-state index in [1.165, 1.54) is 12.8 Å². The molecule has 0 bridgehead atoms. The second-order valence-electron chi connectivity index (χ2n) is 3.01. The number of rotatable bonds is 2. The van der Waals surface area contributed by atoms with E-state index in [1.807, 2.05) is 0 Å². The molecule has 0 aromatic heterocycles. The Morgan fingerprint density at radius 3 is 2.67 bits per heavy atom. The van der Waals surface area contributed by atoms with Gasteiger partial charge in [-0.25, -0.2) is 0 Å². The van der Waals surface area contributed by atoms with Gasteiger partial charge in [0.05, 0.1) is 12.2 Å². The first kappa shape index (κ1) is 5.69. The first-order valence-electron chi connectivity index (χ1n) is 3.54. The van der Waals surface area contributed by atoms with E-state index >= 15 is 0 Å². The molecule has 0 N–H and O–H groups in total. The zero-order valence-electron chi connectivity index (χ0n) is 5.67. The zero-order chi connectivity index (χ0) is 6.27. The number of ether oxygens (including phenoxy) is 2. The van der Waals surface area contributed by atoms with Gasteiger partial charge in [0.15, 0.2) is 0 Å². The summed E-state index contributed by atoms with van der Waals surface area (Å²) in [6, 6.07) is 0. The van der Waals surface area contributed by atoms with Crippen LogP contribution in [0, 0.1) is 5.92 Å². The quantitative estimate of drug-likeness (QED) is 0.513. The van der Waals surface area contributed by atoms with E-state index in [4.69, 9.17) is 9.47 Å². The van der Waals surface area contributed by atoms with Gasteiger partial charge in [-0.15, -0.1) is 0 Å². The van der Waals surface area contributed by atoms with Crippen molar-refractivity contribution in [2.45, 2.75) is 25.0 Å². The van der Waals surface area contributed by atoms with Gasteiger partial charge in [-0.1, -0.05) is 0 Å². The molecule has 1 heterocycles. The lowest BCUT2D eigenvalue weighted by molar-refractivity contribution is 0.130. The van der Waals surface area contributed by atoms with Crippen LogP contribution in [0.15, 0.2) is 0 Å². The van der Waals surface area contributed by atoms with Gasteiger partial charge in [-0.2, -0.15) is 0 Å². The lowest BCUT2D eigenvalue weighted by atomic mass is 10.1. The van der Waals surface area contributed by atoms with E-state index in [1.54, 1.807) is 7.11 Å². The molecule has 2 unspecified atom stereocenters. The summed E-state index contributed by atoms with van der Waals surface area (Å²) in [5.41, 5.74) is 0. The molecule has 2 aliphatic rings. The Bertz CT molecular complexity index is 103. The molecule has 2 nitrogen and oxygen atoms in total. The fourth-order valence-corrected chi connectivity index (χ4v) is 1.72. The van der Waals surface area contributed by atoms with Gasteiger partial charge in [-0.3, -0.25) is 0 Å². The van der Waals surface area contributed by atoms with E-state index in [9.17, 15) is 0 Å². The highest BCUT2D eigenvalue weighted by atomic mass is 16.6. The molecule has 0 spiro atoms. The van der Waals surface area contributed by atoms with Crippen molar-refractivity contribution < 1.29 is 9.47 Å². The molecule has 1 saturated heterocycles. The lowest BCUT2D eigenvalue weighted by Crippen LogP contribution is -2.06. The molecule has 2 atom stereocenters. The smallest absolute Gasteiger partial charge is 0.0845 e. The normalized spacial score (nSPS) is 47.0. The first-order valence-corrected chi connectivity index (χ1v) is 3.54. The maximum absolute atomic E-state index is 5.27. The van der Waals surface area contributed by atoms with Gasteiger partial charge in [0.25, 0.3) is 0 Å². The second kappa shape index (κ2) is 1.96. The predicted molar refractivity (Wildman–Crippen MR) is 33.3 cm³/mol. The van der Waals surface area contributed by atoms with Crippen molar-refractivity contribution in [3.8, 4) is 0 Å². The van der Waals surface area contributed by atoms with Gasteiger partial charge in [0.2, 0.25) is 0 Å². The second-order valence-corrected chi connectivity index (χ2v) is 3.01. The van der Waals surface area contributed by atoms with E-state index in [0.29, 0.717) is 12.2 Å². The summed E-state index contributed by atoms with van der Waals surface area (Å²) in [5, 5.41) is 0. The van der Waals surface area contributed by atoms with Gasteiger partial charge in [0, 0.05) is 13.7 Å². The minimum Gasteiger partial charge on any atom is -0.384 e. The maximum Gasteiger partial charge on any atom is 0.0845 e. The van der Waals surface area contributed by atoms with Gasteiger partial charge in [-0.05, 0) is 18.8 Å². The number of hydrogen-bond acceptors (Lipinski definition) is 2. The van der Waals surface area contributed by atoms with Crippen molar-refractivity contribution in [3.63, 3.8) is 0 Å². The average Bonchev–Trinajstić information content (AvgIpc) is 2.42. The number of epoxide rings is 1. The van der Waals surface area contributed by atoms with Gasteiger partial charge in [0.1, 0.15) is 0 Å². The molecule has 0 aromatic carbocycles. The van der Waals surface area contributed by atoms with E-state index < -0.39 is 0 Å². The molecule has 1 aliphatic carbocycles. The van der Waals surface area contributed by atoms with Crippen molar-refractivity contribution in [2.75, 3.05) is 13.7 Å². The van der Waals surface area contributed by atoms with Crippen LogP contribution in [0.3, 0.4) is 0 Å². The van der Waals surface area contributed by atoms with Crippen LogP contribution in [-0.2, 0) is 9.47 Å². The summed E-state index contributed by atoms with van der Waals surface area (Å²) in [5.74, 6) is 0.791. The highest BCUT2D eigenvalue weighted by Crippen LogP contribution is 2.41. The summed E-state index contributed by atoms with van der Waals surface area (Å²) in [6.45, 7) is 0.927. The Morgan fingerprint density at radius 1 is 1.44 bits per heavy atom. The van der Waals surface area contributed by atoms with Crippen LogP contribution in [0.25, 0.3) is 0 Å². The minimum absolute atomic E-state index is 0.616. The van der Waals surface area contributed by atoms with Crippen LogP contribution < -0.4 is 0 Å². The molecule has 0 radical (unpaired) electrons. The standard InChI is InChI=1S/C7H12O2/c1-8-4-5-2-6-7(3-5)9-6/h5-7H,2-4H2,1H3. The SMILES string of the molecule is COCC1CC2OC2C1. The minimum atomic E-state index is 0.616. The van der Waals surface area contributed by atoms with Crippen molar-refractivity contribution in [3.05, 3.63) is 0 Å². The molecule has 2 fully saturated rings. The third-order valence-corrected chi connectivity index (χ3v) is 2.22. The summed E-state index contributed by atoms with van der Waals surface area (Å²) < 4.78 is 10.3. The molecular formula is C7H12O2. The van der Waals surface area contributed by atoms with Gasteiger partial charge >= 0.3 is 0 Å². The maximum atomic E-state index is 5.27. The Hall–Kier alpha value is -0.0800. The number of fused-ring (bicyclic) bond motifs is 1. The highest BCUT2D eigenvalue weighted by molar-refractivity contribution is 4.95. The summed E-state index contributed by atoms with van der Waals surface area (Å²) in [7, 11) is 1.77. The number of methoxy groups -OCH3 is 1. The number of hydrogen-bond donors (Lipinski definition) is 0. The predicted octanol–water partition coefficient (Wildman–Crippen LogP) is 0.810. The molecule has 52 valence electrons. The fraction of sp³-hybridized carbons (Fsp3) is 1.00.